The molecule has 12 heavy (non-hydrogen) atoms. The molecule has 0 spiro atoms. The average Bonchev–Trinajstić information content (AvgIpc) is 1.99. The highest BCUT2D eigenvalue weighted by molar-refractivity contribution is 5.81. The molecule has 0 amide bonds. The van der Waals surface area contributed by atoms with E-state index in [9.17, 15) is 18.0 Å². The lowest BCUT2D eigenvalue weighted by molar-refractivity contribution is -0.201. The Morgan fingerprint density at radius 3 is 2.00 bits per heavy atom. The van der Waals surface area contributed by atoms with E-state index in [1.165, 1.54) is 0 Å². The zero-order valence-corrected chi connectivity index (χ0v) is 6.31. The summed E-state index contributed by atoms with van der Waals surface area (Å²) in [7, 11) is 0.811. The molecule has 0 aliphatic heterocycles. The fourth-order valence-corrected chi connectivity index (χ4v) is 0.497. The fourth-order valence-electron chi connectivity index (χ4n) is 0.497. The molecule has 0 aliphatic carbocycles. The number of halogens is 3. The Bertz CT molecular complexity index is 182. The van der Waals surface area contributed by atoms with E-state index in [0.29, 0.717) is 0 Å². The number of hydrogen-bond acceptors (Lipinski definition) is 4. The van der Waals surface area contributed by atoms with E-state index in [2.05, 4.69) is 4.74 Å². The van der Waals surface area contributed by atoms with Crippen LogP contribution in [0.15, 0.2) is 0 Å². The highest BCUT2D eigenvalue weighted by atomic mass is 19.4. The van der Waals surface area contributed by atoms with Crippen molar-refractivity contribution in [3.05, 3.63) is 0 Å². The molecule has 0 aromatic heterocycles. The maximum Gasteiger partial charge on any atom is 0.418 e. The second-order valence-corrected chi connectivity index (χ2v) is 2.16. The lowest BCUT2D eigenvalue weighted by atomic mass is 10.0. The van der Waals surface area contributed by atoms with Gasteiger partial charge in [-0.3, -0.25) is 0 Å². The van der Waals surface area contributed by atoms with Gasteiger partial charge in [-0.05, 0) is 0 Å². The van der Waals surface area contributed by atoms with Gasteiger partial charge in [0.2, 0.25) is 5.54 Å². The maximum atomic E-state index is 12.0. The quantitative estimate of drug-likeness (QED) is 0.563. The first-order chi connectivity index (χ1) is 5.29. The van der Waals surface area contributed by atoms with Crippen LogP contribution in [0.3, 0.4) is 0 Å². The predicted octanol–water partition coefficient (Wildman–Crippen LogP) is -0.622. The van der Waals surface area contributed by atoms with Crippen molar-refractivity contribution in [1.29, 1.82) is 0 Å². The summed E-state index contributed by atoms with van der Waals surface area (Å²) < 4.78 is 40.0. The molecule has 4 N–H and O–H groups in total. The minimum Gasteiger partial charge on any atom is -0.467 e. The molecule has 72 valence electrons. The number of rotatable bonds is 2. The van der Waals surface area contributed by atoms with Crippen molar-refractivity contribution in [3.8, 4) is 0 Å². The van der Waals surface area contributed by atoms with Crippen LogP contribution in [-0.4, -0.2) is 31.3 Å². The summed E-state index contributed by atoms with van der Waals surface area (Å²) in [6.07, 6.45) is -4.89. The van der Waals surface area contributed by atoms with Crippen LogP contribution in [0.25, 0.3) is 0 Å². The third-order valence-corrected chi connectivity index (χ3v) is 1.38. The van der Waals surface area contributed by atoms with Crippen LogP contribution in [0.5, 0.6) is 0 Å². The van der Waals surface area contributed by atoms with Gasteiger partial charge in [0.15, 0.2) is 0 Å². The van der Waals surface area contributed by atoms with Crippen LogP contribution in [0, 0.1) is 0 Å². The molecule has 0 heterocycles. The van der Waals surface area contributed by atoms with E-state index in [1.54, 1.807) is 0 Å². The minimum atomic E-state index is -4.89. The van der Waals surface area contributed by atoms with E-state index in [0.717, 1.165) is 7.11 Å². The molecular formula is C5H9F3N2O2. The Kier molecular flexibility index (Phi) is 3.05. The van der Waals surface area contributed by atoms with Gasteiger partial charge in [0.25, 0.3) is 0 Å². The second kappa shape index (κ2) is 3.28. The zero-order valence-electron chi connectivity index (χ0n) is 6.31. The first-order valence-corrected chi connectivity index (χ1v) is 2.93. The van der Waals surface area contributed by atoms with Crippen molar-refractivity contribution in [2.75, 3.05) is 13.7 Å². The van der Waals surface area contributed by atoms with Crippen LogP contribution in [0.2, 0.25) is 0 Å². The number of esters is 1. The topological polar surface area (TPSA) is 78.3 Å². The number of alkyl halides is 3. The number of hydrogen-bond donors (Lipinski definition) is 2. The van der Waals surface area contributed by atoms with Gasteiger partial charge in [0, 0.05) is 6.54 Å². The minimum absolute atomic E-state index is 0.811. The first kappa shape index (κ1) is 11.2. The van der Waals surface area contributed by atoms with Gasteiger partial charge in [-0.2, -0.15) is 13.2 Å². The molecule has 0 rings (SSSR count). The normalized spacial score (nSPS) is 16.8. The summed E-state index contributed by atoms with van der Waals surface area (Å²) in [5.41, 5.74) is 6.33. The Morgan fingerprint density at radius 2 is 1.92 bits per heavy atom. The smallest absolute Gasteiger partial charge is 0.418 e. The highest BCUT2D eigenvalue weighted by Crippen LogP contribution is 2.28. The van der Waals surface area contributed by atoms with Gasteiger partial charge in [0.1, 0.15) is 0 Å². The van der Waals surface area contributed by atoms with Gasteiger partial charge >= 0.3 is 12.1 Å². The molecular weight excluding hydrogens is 177 g/mol. The fraction of sp³-hybridized carbons (Fsp3) is 0.800. The van der Waals surface area contributed by atoms with Crippen LogP contribution < -0.4 is 11.5 Å². The SMILES string of the molecule is COC(=O)[C@](N)(CN)C(F)(F)F. The number of nitrogens with two attached hydrogens (primary N) is 2. The molecule has 4 nitrogen and oxygen atoms in total. The summed E-state index contributed by atoms with van der Waals surface area (Å²) in [6.45, 7) is -1.04. The van der Waals surface area contributed by atoms with Gasteiger partial charge in [-0.25, -0.2) is 4.79 Å². The van der Waals surface area contributed by atoms with Crippen LogP contribution in [0.1, 0.15) is 0 Å². The van der Waals surface area contributed by atoms with Crippen LogP contribution in [0.4, 0.5) is 13.2 Å². The molecule has 0 aromatic carbocycles. The second-order valence-electron chi connectivity index (χ2n) is 2.16. The van der Waals surface area contributed by atoms with E-state index < -0.39 is 24.2 Å². The van der Waals surface area contributed by atoms with Crippen molar-refractivity contribution in [2.45, 2.75) is 11.7 Å². The van der Waals surface area contributed by atoms with E-state index in [1.807, 2.05) is 0 Å². The molecule has 7 heteroatoms. The van der Waals surface area contributed by atoms with Crippen molar-refractivity contribution in [1.82, 2.24) is 0 Å². The Balaban J connectivity index is 4.80. The lowest BCUT2D eigenvalue weighted by Gasteiger charge is -2.26. The molecule has 0 radical (unpaired) electrons. The molecule has 1 atom stereocenters. The Hall–Kier alpha value is -0.820. The van der Waals surface area contributed by atoms with Gasteiger partial charge in [-0.15, -0.1) is 0 Å². The van der Waals surface area contributed by atoms with Crippen LogP contribution in [-0.2, 0) is 9.53 Å². The Labute approximate surface area is 66.7 Å². The number of methoxy groups -OCH3 is 1. The van der Waals surface area contributed by atoms with E-state index >= 15 is 0 Å². The molecule has 0 saturated carbocycles. The third-order valence-electron chi connectivity index (χ3n) is 1.38. The van der Waals surface area contributed by atoms with Crippen molar-refractivity contribution in [3.63, 3.8) is 0 Å². The predicted molar refractivity (Wildman–Crippen MR) is 34.0 cm³/mol. The van der Waals surface area contributed by atoms with Crippen molar-refractivity contribution >= 4 is 5.97 Å². The standard InChI is InChI=1S/C5H9F3N2O2/c1-12-3(11)4(10,2-9)5(6,7)8/h2,9-10H2,1H3/t4-/m1/s1. The summed E-state index contributed by atoms with van der Waals surface area (Å²) in [5, 5.41) is 0. The summed E-state index contributed by atoms with van der Waals surface area (Å²) in [4.78, 5) is 10.6. The summed E-state index contributed by atoms with van der Waals surface area (Å²) >= 11 is 0. The van der Waals surface area contributed by atoms with Crippen molar-refractivity contribution in [2.24, 2.45) is 11.5 Å². The molecule has 0 aliphatic rings. The van der Waals surface area contributed by atoms with Gasteiger partial charge in [-0.1, -0.05) is 0 Å². The van der Waals surface area contributed by atoms with E-state index in [-0.39, 0.29) is 0 Å². The third kappa shape index (κ3) is 1.67. The summed E-state index contributed by atoms with van der Waals surface area (Å²) in [6, 6.07) is 0. The lowest BCUT2D eigenvalue weighted by Crippen LogP contribution is -2.64. The molecule has 0 fully saturated rings. The molecule has 0 unspecified atom stereocenters. The monoisotopic (exact) mass is 186 g/mol. The van der Waals surface area contributed by atoms with E-state index in [4.69, 9.17) is 11.5 Å². The molecule has 0 bridgehead atoms. The molecule has 0 aromatic rings. The maximum absolute atomic E-state index is 12.0. The summed E-state index contributed by atoms with van der Waals surface area (Å²) in [5.74, 6) is -1.59. The zero-order chi connectivity index (χ0) is 9.99. The van der Waals surface area contributed by atoms with Gasteiger partial charge < -0.3 is 16.2 Å². The van der Waals surface area contributed by atoms with Crippen molar-refractivity contribution < 1.29 is 22.7 Å². The largest absolute Gasteiger partial charge is 0.467 e. The number of ether oxygens (including phenoxy) is 1. The highest BCUT2D eigenvalue weighted by Gasteiger charge is 2.57. The van der Waals surface area contributed by atoms with Crippen LogP contribution >= 0.6 is 0 Å². The number of carbonyl (C=O) groups excluding carboxylic acids is 1. The number of carbonyl (C=O) groups is 1. The molecule has 0 saturated heterocycles. The first-order valence-electron chi connectivity index (χ1n) is 2.93. The Morgan fingerprint density at radius 1 is 1.50 bits per heavy atom. The van der Waals surface area contributed by atoms with Gasteiger partial charge in [0.05, 0.1) is 7.11 Å². The average molecular weight is 186 g/mol.